The second-order valence-electron chi connectivity index (χ2n) is 5.21. The summed E-state index contributed by atoms with van der Waals surface area (Å²) in [7, 11) is 0. The van der Waals surface area contributed by atoms with Gasteiger partial charge in [0.25, 0.3) is 5.91 Å². The van der Waals surface area contributed by atoms with Crippen LogP contribution in [0.2, 0.25) is 0 Å². The molecular formula is C15H23N3O2. The lowest BCUT2D eigenvalue weighted by atomic mass is 10.0. The largest absolute Gasteiger partial charge is 0.399 e. The van der Waals surface area contributed by atoms with E-state index in [0.717, 1.165) is 25.1 Å². The highest BCUT2D eigenvalue weighted by Gasteiger charge is 2.21. The fraction of sp³-hybridized carbons (Fsp3) is 0.533. The first kappa shape index (κ1) is 14.7. The summed E-state index contributed by atoms with van der Waals surface area (Å²) in [5.41, 5.74) is 7.93. The number of hydrogen-bond donors (Lipinski definition) is 3. The Hall–Kier alpha value is -1.75. The van der Waals surface area contributed by atoms with Crippen LogP contribution in [-0.4, -0.2) is 31.2 Å². The van der Waals surface area contributed by atoms with E-state index in [0.29, 0.717) is 23.8 Å². The van der Waals surface area contributed by atoms with E-state index in [1.807, 2.05) is 13.0 Å². The second kappa shape index (κ2) is 6.61. The number of anilines is 2. The molecule has 1 fully saturated rings. The van der Waals surface area contributed by atoms with Gasteiger partial charge in [-0.1, -0.05) is 0 Å². The van der Waals surface area contributed by atoms with E-state index in [2.05, 4.69) is 17.6 Å². The first-order valence-corrected chi connectivity index (χ1v) is 7.16. The number of ether oxygens (including phenoxy) is 1. The second-order valence-corrected chi connectivity index (χ2v) is 5.21. The molecule has 0 spiro atoms. The average Bonchev–Trinajstić information content (AvgIpc) is 2.39. The molecule has 1 aromatic rings. The molecule has 0 bridgehead atoms. The van der Waals surface area contributed by atoms with Crippen molar-refractivity contribution in [2.45, 2.75) is 38.8 Å². The molecule has 1 heterocycles. The zero-order valence-corrected chi connectivity index (χ0v) is 12.1. The molecule has 2 atom stereocenters. The number of rotatable bonds is 4. The van der Waals surface area contributed by atoms with Crippen molar-refractivity contribution in [1.29, 1.82) is 0 Å². The first-order chi connectivity index (χ1) is 9.60. The molecule has 1 aliphatic heterocycles. The molecule has 20 heavy (non-hydrogen) atoms. The van der Waals surface area contributed by atoms with Crippen molar-refractivity contribution < 1.29 is 9.53 Å². The third-order valence-corrected chi connectivity index (χ3v) is 3.47. The van der Waals surface area contributed by atoms with Gasteiger partial charge in [-0.3, -0.25) is 4.79 Å². The highest BCUT2D eigenvalue weighted by Crippen LogP contribution is 2.24. The van der Waals surface area contributed by atoms with Gasteiger partial charge < -0.3 is 21.1 Å². The SMILES string of the molecule is CCNC(=O)c1ccc(N)cc1NC1CCOC(C)C1. The van der Waals surface area contributed by atoms with Crippen LogP contribution in [-0.2, 0) is 4.74 Å². The van der Waals surface area contributed by atoms with Gasteiger partial charge in [-0.05, 0) is 44.9 Å². The molecule has 1 aliphatic rings. The van der Waals surface area contributed by atoms with E-state index in [9.17, 15) is 4.79 Å². The summed E-state index contributed by atoms with van der Waals surface area (Å²) in [5, 5.41) is 6.26. The fourth-order valence-electron chi connectivity index (χ4n) is 2.48. The molecule has 1 saturated heterocycles. The standard InChI is InChI=1S/C15H23N3O2/c1-3-17-15(19)13-5-4-11(16)9-14(13)18-12-6-7-20-10(2)8-12/h4-5,9-10,12,18H,3,6-8,16H2,1-2H3,(H,17,19). The minimum Gasteiger partial charge on any atom is -0.399 e. The molecule has 1 aromatic carbocycles. The van der Waals surface area contributed by atoms with Crippen LogP contribution >= 0.6 is 0 Å². The zero-order valence-electron chi connectivity index (χ0n) is 12.1. The maximum Gasteiger partial charge on any atom is 0.253 e. The molecule has 2 unspecified atom stereocenters. The Morgan fingerprint density at radius 1 is 1.50 bits per heavy atom. The predicted octanol–water partition coefficient (Wildman–Crippen LogP) is 2.00. The number of benzene rings is 1. The van der Waals surface area contributed by atoms with Gasteiger partial charge in [0.15, 0.2) is 0 Å². The van der Waals surface area contributed by atoms with Crippen LogP contribution in [0.25, 0.3) is 0 Å². The van der Waals surface area contributed by atoms with E-state index >= 15 is 0 Å². The van der Waals surface area contributed by atoms with Crippen LogP contribution in [0.1, 0.15) is 37.0 Å². The topological polar surface area (TPSA) is 76.4 Å². The van der Waals surface area contributed by atoms with Crippen molar-refractivity contribution in [2.24, 2.45) is 0 Å². The van der Waals surface area contributed by atoms with E-state index in [1.54, 1.807) is 12.1 Å². The minimum absolute atomic E-state index is 0.0740. The number of carbonyl (C=O) groups excluding carboxylic acids is 1. The maximum atomic E-state index is 12.1. The lowest BCUT2D eigenvalue weighted by Gasteiger charge is -2.29. The van der Waals surface area contributed by atoms with Gasteiger partial charge in [-0.2, -0.15) is 0 Å². The summed E-state index contributed by atoms with van der Waals surface area (Å²) < 4.78 is 5.54. The molecule has 110 valence electrons. The molecule has 0 aromatic heterocycles. The summed E-state index contributed by atoms with van der Waals surface area (Å²) in [5.74, 6) is -0.0740. The molecular weight excluding hydrogens is 254 g/mol. The minimum atomic E-state index is -0.0740. The number of amides is 1. The number of nitrogen functional groups attached to an aromatic ring is 1. The van der Waals surface area contributed by atoms with Gasteiger partial charge >= 0.3 is 0 Å². The summed E-state index contributed by atoms with van der Waals surface area (Å²) in [4.78, 5) is 12.1. The third-order valence-electron chi connectivity index (χ3n) is 3.47. The number of nitrogens with two attached hydrogens (primary N) is 1. The molecule has 0 radical (unpaired) electrons. The predicted molar refractivity (Wildman–Crippen MR) is 80.9 cm³/mol. The highest BCUT2D eigenvalue weighted by molar-refractivity contribution is 6.00. The van der Waals surface area contributed by atoms with Crippen LogP contribution in [0.5, 0.6) is 0 Å². The lowest BCUT2D eigenvalue weighted by molar-refractivity contribution is 0.0232. The Balaban J connectivity index is 2.16. The monoisotopic (exact) mass is 277 g/mol. The molecule has 0 saturated carbocycles. The molecule has 1 amide bonds. The van der Waals surface area contributed by atoms with Crippen molar-refractivity contribution in [2.75, 3.05) is 24.2 Å². The zero-order chi connectivity index (χ0) is 14.5. The van der Waals surface area contributed by atoms with E-state index < -0.39 is 0 Å². The van der Waals surface area contributed by atoms with E-state index in [1.165, 1.54) is 0 Å². The Labute approximate surface area is 119 Å². The van der Waals surface area contributed by atoms with Crippen molar-refractivity contribution in [3.05, 3.63) is 23.8 Å². The van der Waals surface area contributed by atoms with Crippen LogP contribution < -0.4 is 16.4 Å². The third kappa shape index (κ3) is 3.63. The van der Waals surface area contributed by atoms with Gasteiger partial charge in [0.2, 0.25) is 0 Å². The van der Waals surface area contributed by atoms with Gasteiger partial charge in [0.05, 0.1) is 11.7 Å². The number of nitrogens with one attached hydrogen (secondary N) is 2. The van der Waals surface area contributed by atoms with Gasteiger partial charge in [-0.15, -0.1) is 0 Å². The summed E-state index contributed by atoms with van der Waals surface area (Å²) in [6.45, 7) is 5.33. The van der Waals surface area contributed by atoms with Crippen molar-refractivity contribution in [1.82, 2.24) is 5.32 Å². The summed E-state index contributed by atoms with van der Waals surface area (Å²) in [6, 6.07) is 5.66. The Kier molecular flexibility index (Phi) is 4.84. The molecule has 4 N–H and O–H groups in total. The van der Waals surface area contributed by atoms with Gasteiger partial charge in [-0.25, -0.2) is 0 Å². The highest BCUT2D eigenvalue weighted by atomic mass is 16.5. The van der Waals surface area contributed by atoms with E-state index in [4.69, 9.17) is 10.5 Å². The molecule has 0 aliphatic carbocycles. The van der Waals surface area contributed by atoms with Crippen LogP contribution in [0, 0.1) is 0 Å². The Morgan fingerprint density at radius 3 is 3.00 bits per heavy atom. The smallest absolute Gasteiger partial charge is 0.253 e. The van der Waals surface area contributed by atoms with Crippen LogP contribution in [0.3, 0.4) is 0 Å². The van der Waals surface area contributed by atoms with Crippen LogP contribution in [0.15, 0.2) is 18.2 Å². The lowest BCUT2D eigenvalue weighted by Crippen LogP contribution is -2.33. The van der Waals surface area contributed by atoms with Crippen molar-refractivity contribution in [3.63, 3.8) is 0 Å². The summed E-state index contributed by atoms with van der Waals surface area (Å²) in [6.07, 6.45) is 2.12. The summed E-state index contributed by atoms with van der Waals surface area (Å²) >= 11 is 0. The van der Waals surface area contributed by atoms with Gasteiger partial charge in [0, 0.05) is 30.6 Å². The van der Waals surface area contributed by atoms with E-state index in [-0.39, 0.29) is 12.0 Å². The fourth-order valence-corrected chi connectivity index (χ4v) is 2.48. The van der Waals surface area contributed by atoms with Gasteiger partial charge in [0.1, 0.15) is 0 Å². The number of carbonyl (C=O) groups is 1. The maximum absolute atomic E-state index is 12.1. The number of hydrogen-bond acceptors (Lipinski definition) is 4. The van der Waals surface area contributed by atoms with Crippen molar-refractivity contribution in [3.8, 4) is 0 Å². The molecule has 5 nitrogen and oxygen atoms in total. The van der Waals surface area contributed by atoms with Crippen molar-refractivity contribution >= 4 is 17.3 Å². The van der Waals surface area contributed by atoms with Crippen LogP contribution in [0.4, 0.5) is 11.4 Å². The Morgan fingerprint density at radius 2 is 2.30 bits per heavy atom. The molecule has 5 heteroatoms. The Bertz CT molecular complexity index is 476. The quantitative estimate of drug-likeness (QED) is 0.736. The molecule has 2 rings (SSSR count). The average molecular weight is 277 g/mol. The first-order valence-electron chi connectivity index (χ1n) is 7.16. The normalized spacial score (nSPS) is 22.3.